The Hall–Kier alpha value is -1.85. The van der Waals surface area contributed by atoms with Crippen LogP contribution < -0.4 is 11.1 Å². The van der Waals surface area contributed by atoms with Crippen LogP contribution in [0, 0.1) is 0 Å². The topological polar surface area (TPSA) is 92.5 Å². The van der Waals surface area contributed by atoms with Gasteiger partial charge in [0.1, 0.15) is 5.52 Å². The minimum absolute atomic E-state index is 0.248. The first-order valence-corrected chi connectivity index (χ1v) is 4.93. The lowest BCUT2D eigenvalue weighted by Crippen LogP contribution is -2.15. The van der Waals surface area contributed by atoms with Crippen LogP contribution >= 0.6 is 0 Å². The largest absolute Gasteiger partial charge is 0.368 e. The van der Waals surface area contributed by atoms with Gasteiger partial charge in [-0.3, -0.25) is 0 Å². The van der Waals surface area contributed by atoms with E-state index in [1.807, 2.05) is 0 Å². The first-order chi connectivity index (χ1) is 7.20. The van der Waals surface area contributed by atoms with Gasteiger partial charge in [-0.25, -0.2) is 4.98 Å². The molecule has 0 fully saturated rings. The predicted octanol–water partition coefficient (Wildman–Crippen LogP) is 1.15. The fourth-order valence-electron chi connectivity index (χ4n) is 1.29. The first-order valence-electron chi connectivity index (χ1n) is 4.93. The van der Waals surface area contributed by atoms with Crippen LogP contribution in [-0.2, 0) is 0 Å². The van der Waals surface area contributed by atoms with Crippen molar-refractivity contribution in [2.75, 3.05) is 11.1 Å². The minimum atomic E-state index is 0.248. The summed E-state index contributed by atoms with van der Waals surface area (Å²) in [6, 6.07) is 0.333. The van der Waals surface area contributed by atoms with E-state index in [4.69, 9.17) is 5.73 Å². The number of anilines is 2. The van der Waals surface area contributed by atoms with Crippen molar-refractivity contribution >= 4 is 22.9 Å². The van der Waals surface area contributed by atoms with E-state index in [-0.39, 0.29) is 5.95 Å². The fourth-order valence-corrected chi connectivity index (χ4v) is 1.29. The van der Waals surface area contributed by atoms with Crippen molar-refractivity contribution in [3.63, 3.8) is 0 Å². The average molecular weight is 206 g/mol. The number of nitrogens with zero attached hydrogens (tertiary/aromatic N) is 3. The lowest BCUT2D eigenvalue weighted by Gasteiger charge is -2.12. The van der Waals surface area contributed by atoms with Crippen molar-refractivity contribution in [2.24, 2.45) is 0 Å². The number of nitrogens with two attached hydrogens (primary N) is 1. The summed E-state index contributed by atoms with van der Waals surface area (Å²) < 4.78 is 0. The summed E-state index contributed by atoms with van der Waals surface area (Å²) in [5.41, 5.74) is 6.98. The molecule has 4 N–H and O–H groups in total. The number of aromatic amines is 1. The highest BCUT2D eigenvalue weighted by molar-refractivity contribution is 5.83. The highest BCUT2D eigenvalue weighted by Crippen LogP contribution is 2.18. The van der Waals surface area contributed by atoms with Gasteiger partial charge >= 0.3 is 0 Å². The smallest absolute Gasteiger partial charge is 0.224 e. The third kappa shape index (κ3) is 1.83. The monoisotopic (exact) mass is 206 g/mol. The maximum absolute atomic E-state index is 5.59. The summed E-state index contributed by atoms with van der Waals surface area (Å²) in [7, 11) is 0. The SMILES string of the molecule is CCC(C)Nc1nc(N)nc2[nH]cnc12. The molecule has 1 unspecified atom stereocenters. The fraction of sp³-hybridized carbons (Fsp3) is 0.444. The second-order valence-corrected chi connectivity index (χ2v) is 3.48. The Morgan fingerprint density at radius 2 is 2.33 bits per heavy atom. The zero-order chi connectivity index (χ0) is 10.8. The maximum atomic E-state index is 5.59. The Balaban J connectivity index is 2.44. The van der Waals surface area contributed by atoms with Crippen LogP contribution in [0.2, 0.25) is 0 Å². The molecule has 0 saturated heterocycles. The normalized spacial score (nSPS) is 12.9. The summed E-state index contributed by atoms with van der Waals surface area (Å²) in [4.78, 5) is 15.2. The van der Waals surface area contributed by atoms with Gasteiger partial charge in [0.2, 0.25) is 5.95 Å². The molecule has 2 heterocycles. The molecule has 0 bridgehead atoms. The zero-order valence-corrected chi connectivity index (χ0v) is 8.78. The average Bonchev–Trinajstić information content (AvgIpc) is 2.65. The highest BCUT2D eigenvalue weighted by atomic mass is 15.1. The summed E-state index contributed by atoms with van der Waals surface area (Å²) >= 11 is 0. The molecule has 80 valence electrons. The van der Waals surface area contributed by atoms with Crippen molar-refractivity contribution < 1.29 is 0 Å². The van der Waals surface area contributed by atoms with Gasteiger partial charge in [0.05, 0.1) is 6.33 Å². The number of hydrogen-bond acceptors (Lipinski definition) is 5. The third-order valence-corrected chi connectivity index (χ3v) is 2.29. The van der Waals surface area contributed by atoms with Crippen molar-refractivity contribution in [3.8, 4) is 0 Å². The molecule has 0 aromatic carbocycles. The standard InChI is InChI=1S/C9H14N6/c1-3-5(2)13-8-6-7(12-4-11-6)14-9(10)15-8/h4-5H,3H2,1-2H3,(H4,10,11,12,13,14,15). The number of H-pyrrole nitrogens is 1. The third-order valence-electron chi connectivity index (χ3n) is 2.29. The molecule has 6 heteroatoms. The van der Waals surface area contributed by atoms with E-state index in [1.165, 1.54) is 0 Å². The van der Waals surface area contributed by atoms with Crippen molar-refractivity contribution in [3.05, 3.63) is 6.33 Å². The van der Waals surface area contributed by atoms with E-state index >= 15 is 0 Å². The number of nitrogens with one attached hydrogen (secondary N) is 2. The quantitative estimate of drug-likeness (QED) is 0.700. The molecule has 0 aliphatic carbocycles. The van der Waals surface area contributed by atoms with Gasteiger partial charge in [0.25, 0.3) is 0 Å². The number of imidazole rings is 1. The lowest BCUT2D eigenvalue weighted by atomic mass is 10.2. The van der Waals surface area contributed by atoms with E-state index in [1.54, 1.807) is 6.33 Å². The van der Waals surface area contributed by atoms with Crippen molar-refractivity contribution in [1.29, 1.82) is 0 Å². The van der Waals surface area contributed by atoms with Gasteiger partial charge in [-0.2, -0.15) is 9.97 Å². The Morgan fingerprint density at radius 3 is 3.07 bits per heavy atom. The Bertz CT molecular complexity index is 463. The Kier molecular flexibility index (Phi) is 2.40. The van der Waals surface area contributed by atoms with Crippen LogP contribution in [0.5, 0.6) is 0 Å². The van der Waals surface area contributed by atoms with E-state index in [0.717, 1.165) is 11.9 Å². The maximum Gasteiger partial charge on any atom is 0.224 e. The van der Waals surface area contributed by atoms with Gasteiger partial charge in [0, 0.05) is 6.04 Å². The lowest BCUT2D eigenvalue weighted by molar-refractivity contribution is 0.760. The van der Waals surface area contributed by atoms with Crippen LogP contribution in [0.25, 0.3) is 11.2 Å². The molecular formula is C9H14N6. The van der Waals surface area contributed by atoms with Crippen LogP contribution in [-0.4, -0.2) is 26.0 Å². The zero-order valence-electron chi connectivity index (χ0n) is 8.78. The van der Waals surface area contributed by atoms with E-state index in [9.17, 15) is 0 Å². The summed E-state index contributed by atoms with van der Waals surface area (Å²) in [6.45, 7) is 4.18. The molecule has 15 heavy (non-hydrogen) atoms. The van der Waals surface area contributed by atoms with Crippen molar-refractivity contribution in [1.82, 2.24) is 19.9 Å². The van der Waals surface area contributed by atoms with Gasteiger partial charge in [0.15, 0.2) is 11.5 Å². The van der Waals surface area contributed by atoms with Crippen LogP contribution in [0.15, 0.2) is 6.33 Å². The van der Waals surface area contributed by atoms with Crippen LogP contribution in [0.3, 0.4) is 0 Å². The Labute approximate surface area is 87.3 Å². The van der Waals surface area contributed by atoms with Gasteiger partial charge in [-0.05, 0) is 13.3 Å². The Morgan fingerprint density at radius 1 is 1.53 bits per heavy atom. The number of rotatable bonds is 3. The molecule has 2 aromatic heterocycles. The van der Waals surface area contributed by atoms with Gasteiger partial charge in [-0.1, -0.05) is 6.92 Å². The molecular weight excluding hydrogens is 192 g/mol. The molecule has 6 nitrogen and oxygen atoms in total. The minimum Gasteiger partial charge on any atom is -0.368 e. The second-order valence-electron chi connectivity index (χ2n) is 3.48. The summed E-state index contributed by atoms with van der Waals surface area (Å²) in [6.07, 6.45) is 2.59. The highest BCUT2D eigenvalue weighted by Gasteiger charge is 2.09. The summed E-state index contributed by atoms with van der Waals surface area (Å²) in [5.74, 6) is 0.936. The molecule has 0 radical (unpaired) electrons. The van der Waals surface area contributed by atoms with Crippen molar-refractivity contribution in [2.45, 2.75) is 26.3 Å². The molecule has 0 spiro atoms. The van der Waals surface area contributed by atoms with E-state index in [2.05, 4.69) is 39.1 Å². The number of hydrogen-bond donors (Lipinski definition) is 3. The van der Waals surface area contributed by atoms with Crippen LogP contribution in [0.1, 0.15) is 20.3 Å². The molecule has 0 aliphatic heterocycles. The van der Waals surface area contributed by atoms with E-state index in [0.29, 0.717) is 17.5 Å². The summed E-state index contributed by atoms with van der Waals surface area (Å²) in [5, 5.41) is 3.25. The second kappa shape index (κ2) is 3.72. The molecule has 0 amide bonds. The molecule has 2 aromatic rings. The first kappa shape index (κ1) is 9.70. The number of nitrogen functional groups attached to an aromatic ring is 1. The number of aromatic nitrogens is 4. The number of fused-ring (bicyclic) bond motifs is 1. The molecule has 0 aliphatic rings. The molecule has 1 atom stereocenters. The van der Waals surface area contributed by atoms with Crippen LogP contribution in [0.4, 0.5) is 11.8 Å². The predicted molar refractivity (Wildman–Crippen MR) is 59.5 cm³/mol. The van der Waals surface area contributed by atoms with Gasteiger partial charge < -0.3 is 16.0 Å². The molecule has 0 saturated carbocycles. The van der Waals surface area contributed by atoms with E-state index < -0.39 is 0 Å². The molecule has 2 rings (SSSR count). The van der Waals surface area contributed by atoms with Gasteiger partial charge in [-0.15, -0.1) is 0 Å².